The van der Waals surface area contributed by atoms with E-state index in [0.717, 1.165) is 25.3 Å². The molecule has 0 unspecified atom stereocenters. The molecule has 0 atom stereocenters. The summed E-state index contributed by atoms with van der Waals surface area (Å²) in [7, 11) is 1.66. The predicted octanol–water partition coefficient (Wildman–Crippen LogP) is 2.17. The number of rotatable bonds is 6. The Morgan fingerprint density at radius 1 is 1.44 bits per heavy atom. The smallest absolute Gasteiger partial charge is 0.168 e. The Morgan fingerprint density at radius 2 is 2.17 bits per heavy atom. The number of aromatic nitrogens is 1. The summed E-state index contributed by atoms with van der Waals surface area (Å²) in [6, 6.07) is 0.749. The maximum absolute atomic E-state index is 13.4. The molecule has 0 aliphatic heterocycles. The summed E-state index contributed by atoms with van der Waals surface area (Å²) >= 11 is 0. The van der Waals surface area contributed by atoms with Crippen LogP contribution in [0.2, 0.25) is 0 Å². The predicted molar refractivity (Wildman–Crippen MR) is 65.2 cm³/mol. The Kier molecular flexibility index (Phi) is 3.65. The Morgan fingerprint density at radius 3 is 2.78 bits per heavy atom. The summed E-state index contributed by atoms with van der Waals surface area (Å²) in [6.45, 7) is 1.29. The Bertz CT molecular complexity index is 436. The average molecular weight is 257 g/mol. The molecule has 0 amide bonds. The van der Waals surface area contributed by atoms with Crippen molar-refractivity contribution in [3.63, 3.8) is 0 Å². The topological polar surface area (TPSA) is 60.2 Å². The van der Waals surface area contributed by atoms with Gasteiger partial charge in [0.1, 0.15) is 0 Å². The van der Waals surface area contributed by atoms with Crippen molar-refractivity contribution < 1.29 is 13.5 Å². The molecule has 0 radical (unpaired) electrons. The fraction of sp³-hybridized carbons (Fsp3) is 0.583. The van der Waals surface area contributed by atoms with Crippen molar-refractivity contribution in [2.75, 3.05) is 31.3 Å². The molecular weight excluding hydrogens is 240 g/mol. The molecule has 1 aromatic heterocycles. The molecule has 2 rings (SSSR count). The van der Waals surface area contributed by atoms with Crippen molar-refractivity contribution in [2.45, 2.75) is 19.3 Å². The van der Waals surface area contributed by atoms with Crippen LogP contribution in [0.15, 0.2) is 6.07 Å². The van der Waals surface area contributed by atoms with E-state index in [1.54, 1.807) is 7.11 Å². The Labute approximate surface area is 105 Å². The number of hydrogen-bond acceptors (Lipinski definition) is 4. The van der Waals surface area contributed by atoms with E-state index >= 15 is 0 Å². The van der Waals surface area contributed by atoms with Gasteiger partial charge in [0.2, 0.25) is 0 Å². The molecule has 0 saturated heterocycles. The van der Waals surface area contributed by atoms with E-state index in [2.05, 4.69) is 10.3 Å². The van der Waals surface area contributed by atoms with E-state index in [9.17, 15) is 8.78 Å². The van der Waals surface area contributed by atoms with Crippen LogP contribution in [0.4, 0.5) is 20.4 Å². The minimum Gasteiger partial charge on any atom is -0.385 e. The number of nitrogens with zero attached hydrogens (tertiary/aromatic N) is 1. The normalized spacial score (nSPS) is 16.6. The second kappa shape index (κ2) is 5.06. The van der Waals surface area contributed by atoms with Gasteiger partial charge in [0.15, 0.2) is 23.3 Å². The van der Waals surface area contributed by atoms with Crippen molar-refractivity contribution in [2.24, 2.45) is 5.41 Å². The van der Waals surface area contributed by atoms with E-state index < -0.39 is 11.6 Å². The lowest BCUT2D eigenvalue weighted by atomic mass is 10.0. The number of nitrogens with one attached hydrogen (secondary N) is 1. The molecule has 0 spiro atoms. The van der Waals surface area contributed by atoms with Crippen LogP contribution in [0.3, 0.4) is 0 Å². The van der Waals surface area contributed by atoms with Gasteiger partial charge in [0.05, 0.1) is 0 Å². The fourth-order valence-corrected chi connectivity index (χ4v) is 1.89. The standard InChI is InChI=1S/C12H17F2N3O/c1-18-5-4-12(2-3-12)7-16-11-9(14)6-8(13)10(15)17-11/h6H,2-5,7H2,1H3,(H3,15,16,17). The van der Waals surface area contributed by atoms with E-state index in [-0.39, 0.29) is 17.1 Å². The van der Waals surface area contributed by atoms with Crippen LogP contribution in [0.5, 0.6) is 0 Å². The lowest BCUT2D eigenvalue weighted by Gasteiger charge is -2.16. The van der Waals surface area contributed by atoms with Crippen LogP contribution in [0, 0.1) is 17.0 Å². The van der Waals surface area contributed by atoms with E-state index in [0.29, 0.717) is 13.2 Å². The van der Waals surface area contributed by atoms with Gasteiger partial charge in [-0.2, -0.15) is 0 Å². The third kappa shape index (κ3) is 2.87. The van der Waals surface area contributed by atoms with Crippen LogP contribution in [-0.2, 0) is 4.74 Å². The number of halogens is 2. The van der Waals surface area contributed by atoms with E-state index in [4.69, 9.17) is 10.5 Å². The minimum absolute atomic E-state index is 0.0117. The first kappa shape index (κ1) is 13.0. The van der Waals surface area contributed by atoms with Gasteiger partial charge in [0, 0.05) is 26.3 Å². The molecule has 1 fully saturated rings. The summed E-state index contributed by atoms with van der Waals surface area (Å²) < 4.78 is 31.4. The first-order chi connectivity index (χ1) is 8.56. The molecular formula is C12H17F2N3O. The second-order valence-electron chi connectivity index (χ2n) is 4.78. The van der Waals surface area contributed by atoms with Crippen molar-refractivity contribution in [1.82, 2.24) is 4.98 Å². The largest absolute Gasteiger partial charge is 0.385 e. The highest BCUT2D eigenvalue weighted by atomic mass is 19.1. The highest BCUT2D eigenvalue weighted by Crippen LogP contribution is 2.48. The molecule has 18 heavy (non-hydrogen) atoms. The van der Waals surface area contributed by atoms with E-state index in [1.807, 2.05) is 0 Å². The highest BCUT2D eigenvalue weighted by Gasteiger charge is 2.41. The zero-order valence-corrected chi connectivity index (χ0v) is 10.3. The van der Waals surface area contributed by atoms with Crippen LogP contribution in [0.1, 0.15) is 19.3 Å². The van der Waals surface area contributed by atoms with Gasteiger partial charge in [0.25, 0.3) is 0 Å². The maximum Gasteiger partial charge on any atom is 0.168 e. The van der Waals surface area contributed by atoms with E-state index in [1.165, 1.54) is 0 Å². The molecule has 1 saturated carbocycles. The van der Waals surface area contributed by atoms with Crippen LogP contribution >= 0.6 is 0 Å². The zero-order chi connectivity index (χ0) is 13.2. The Balaban J connectivity index is 1.96. The molecule has 3 N–H and O–H groups in total. The third-order valence-electron chi connectivity index (χ3n) is 3.38. The van der Waals surface area contributed by atoms with Gasteiger partial charge < -0.3 is 15.8 Å². The lowest BCUT2D eigenvalue weighted by molar-refractivity contribution is 0.175. The number of anilines is 2. The maximum atomic E-state index is 13.4. The third-order valence-corrected chi connectivity index (χ3v) is 3.38. The first-order valence-corrected chi connectivity index (χ1v) is 5.91. The zero-order valence-electron chi connectivity index (χ0n) is 10.3. The van der Waals surface area contributed by atoms with Crippen molar-refractivity contribution in [3.05, 3.63) is 17.7 Å². The van der Waals surface area contributed by atoms with Crippen molar-refractivity contribution in [1.29, 1.82) is 0 Å². The van der Waals surface area contributed by atoms with Gasteiger partial charge in [-0.1, -0.05) is 0 Å². The quantitative estimate of drug-likeness (QED) is 0.820. The summed E-state index contributed by atoms with van der Waals surface area (Å²) in [5, 5.41) is 2.90. The molecule has 1 aliphatic carbocycles. The van der Waals surface area contributed by atoms with Crippen LogP contribution in [-0.4, -0.2) is 25.2 Å². The van der Waals surface area contributed by atoms with Crippen LogP contribution < -0.4 is 11.1 Å². The molecule has 0 bridgehead atoms. The molecule has 0 aromatic carbocycles. The number of methoxy groups -OCH3 is 1. The van der Waals surface area contributed by atoms with Gasteiger partial charge in [-0.15, -0.1) is 0 Å². The van der Waals surface area contributed by atoms with Gasteiger partial charge in [-0.05, 0) is 24.7 Å². The molecule has 100 valence electrons. The summed E-state index contributed by atoms with van der Waals surface area (Å²) in [6.07, 6.45) is 3.10. The molecule has 1 aromatic rings. The summed E-state index contributed by atoms with van der Waals surface area (Å²) in [5.74, 6) is -1.83. The highest BCUT2D eigenvalue weighted by molar-refractivity contribution is 5.45. The lowest BCUT2D eigenvalue weighted by Crippen LogP contribution is -2.19. The summed E-state index contributed by atoms with van der Waals surface area (Å²) in [5.41, 5.74) is 5.47. The molecule has 4 nitrogen and oxygen atoms in total. The molecule has 1 heterocycles. The first-order valence-electron chi connectivity index (χ1n) is 5.91. The fourth-order valence-electron chi connectivity index (χ4n) is 1.89. The van der Waals surface area contributed by atoms with Gasteiger partial charge in [-0.25, -0.2) is 13.8 Å². The monoisotopic (exact) mass is 257 g/mol. The van der Waals surface area contributed by atoms with Gasteiger partial charge in [-0.3, -0.25) is 0 Å². The van der Waals surface area contributed by atoms with Crippen molar-refractivity contribution >= 4 is 11.6 Å². The summed E-state index contributed by atoms with van der Waals surface area (Å²) in [4.78, 5) is 3.67. The number of nitrogen functional groups attached to an aromatic ring is 1. The minimum atomic E-state index is -0.835. The average Bonchev–Trinajstić information content (AvgIpc) is 3.10. The van der Waals surface area contributed by atoms with Gasteiger partial charge >= 0.3 is 0 Å². The molecule has 6 heteroatoms. The second-order valence-corrected chi connectivity index (χ2v) is 4.78. The number of hydrogen-bond donors (Lipinski definition) is 2. The number of nitrogens with two attached hydrogens (primary N) is 1. The molecule has 1 aliphatic rings. The Hall–Kier alpha value is -1.43. The number of pyridine rings is 1. The SMILES string of the molecule is COCCC1(CNc2nc(N)c(F)cc2F)CC1. The van der Waals surface area contributed by atoms with Crippen LogP contribution in [0.25, 0.3) is 0 Å². The van der Waals surface area contributed by atoms with Crippen molar-refractivity contribution in [3.8, 4) is 0 Å². The number of ether oxygens (including phenoxy) is 1.